The predicted molar refractivity (Wildman–Crippen MR) is 123 cm³/mol. The Morgan fingerprint density at radius 1 is 1.18 bits per heavy atom. The van der Waals surface area contributed by atoms with Crippen LogP contribution in [0.5, 0.6) is 5.75 Å². The molecular formula is C21H29N6O5P. The fourth-order valence-electron chi connectivity index (χ4n) is 3.04. The first-order valence-corrected chi connectivity index (χ1v) is 12.3. The summed E-state index contributed by atoms with van der Waals surface area (Å²) in [6.07, 6.45) is 2.53. The molecule has 3 atom stereocenters. The van der Waals surface area contributed by atoms with E-state index in [1.807, 2.05) is 13.0 Å². The summed E-state index contributed by atoms with van der Waals surface area (Å²) in [4.78, 5) is 20.4. The van der Waals surface area contributed by atoms with Crippen molar-refractivity contribution >= 4 is 25.1 Å². The van der Waals surface area contributed by atoms with Gasteiger partial charge >= 0.3 is 13.5 Å². The Balaban J connectivity index is 1.70. The molecule has 0 saturated carbocycles. The monoisotopic (exact) mass is 476 g/mol. The van der Waals surface area contributed by atoms with Gasteiger partial charge in [0.2, 0.25) is 5.95 Å². The second kappa shape index (κ2) is 10.7. The largest absolute Gasteiger partial charge is 0.462 e. The molecular weight excluding hydrogens is 447 g/mol. The number of para-hydroxylation sites is 1. The molecule has 12 heteroatoms. The molecule has 0 radical (unpaired) electrons. The summed E-state index contributed by atoms with van der Waals surface area (Å²) >= 11 is 0. The van der Waals surface area contributed by atoms with Crippen LogP contribution in [0.2, 0.25) is 0 Å². The molecule has 0 saturated heterocycles. The van der Waals surface area contributed by atoms with Gasteiger partial charge in [-0.1, -0.05) is 18.2 Å². The van der Waals surface area contributed by atoms with Gasteiger partial charge in [0.15, 0.2) is 5.65 Å². The second-order valence-electron chi connectivity index (χ2n) is 7.86. The molecule has 0 aliphatic rings. The van der Waals surface area contributed by atoms with Crippen LogP contribution < -0.4 is 15.3 Å². The van der Waals surface area contributed by atoms with Gasteiger partial charge in [0, 0.05) is 12.0 Å². The fraction of sp³-hybridized carbons (Fsp3) is 0.429. The maximum absolute atomic E-state index is 13.6. The molecule has 0 fully saturated rings. The lowest BCUT2D eigenvalue weighted by Crippen LogP contribution is -2.37. The van der Waals surface area contributed by atoms with Crippen molar-refractivity contribution in [2.75, 3.05) is 12.1 Å². The van der Waals surface area contributed by atoms with Crippen molar-refractivity contribution in [1.82, 2.24) is 24.7 Å². The highest BCUT2D eigenvalue weighted by Gasteiger charge is 2.32. The number of aromatic nitrogens is 4. The maximum Gasteiger partial charge on any atom is 0.342 e. The summed E-state index contributed by atoms with van der Waals surface area (Å²) in [7, 11) is -3.63. The number of hydrogen-bond donors (Lipinski definition) is 2. The second-order valence-corrected chi connectivity index (χ2v) is 9.91. The number of nitrogens with two attached hydrogens (primary N) is 1. The van der Waals surface area contributed by atoms with Gasteiger partial charge in [-0.25, -0.2) is 15.1 Å². The number of fused-ring (bicyclic) bond motifs is 1. The number of carbonyl (C=O) groups excluding carboxylic acids is 1. The Morgan fingerprint density at radius 3 is 2.61 bits per heavy atom. The number of ether oxygens (including phenoxy) is 2. The Kier molecular flexibility index (Phi) is 8.01. The molecule has 178 valence electrons. The molecule has 33 heavy (non-hydrogen) atoms. The van der Waals surface area contributed by atoms with Crippen LogP contribution >= 0.6 is 7.52 Å². The van der Waals surface area contributed by atoms with E-state index in [1.54, 1.807) is 51.2 Å². The highest BCUT2D eigenvalue weighted by Crippen LogP contribution is 2.44. The van der Waals surface area contributed by atoms with Crippen LogP contribution in [-0.4, -0.2) is 50.1 Å². The van der Waals surface area contributed by atoms with Gasteiger partial charge < -0.3 is 19.7 Å². The number of rotatable bonds is 11. The van der Waals surface area contributed by atoms with Crippen LogP contribution in [0.1, 0.15) is 33.3 Å². The zero-order chi connectivity index (χ0) is 24.0. The SMILES string of the molecule is CC(C)OC(=O)[C@H](C)NP(=O)(CO[C@H](C)Cc1cnn2c(N)ncnc12)Oc1ccccc1. The topological polar surface area (TPSA) is 143 Å². The molecule has 0 aliphatic heterocycles. The van der Waals surface area contributed by atoms with E-state index in [1.165, 1.54) is 10.8 Å². The molecule has 1 unspecified atom stereocenters. The van der Waals surface area contributed by atoms with E-state index in [0.717, 1.165) is 5.56 Å². The molecule has 2 aromatic heterocycles. The number of carbonyl (C=O) groups is 1. The lowest BCUT2D eigenvalue weighted by Gasteiger charge is -2.25. The van der Waals surface area contributed by atoms with Gasteiger partial charge in [0.1, 0.15) is 24.5 Å². The number of esters is 1. The zero-order valence-electron chi connectivity index (χ0n) is 19.0. The van der Waals surface area contributed by atoms with Gasteiger partial charge in [-0.05, 0) is 39.8 Å². The van der Waals surface area contributed by atoms with E-state index in [9.17, 15) is 9.36 Å². The molecule has 11 nitrogen and oxygen atoms in total. The summed E-state index contributed by atoms with van der Waals surface area (Å²) in [5.41, 5.74) is 7.19. The van der Waals surface area contributed by atoms with Crippen molar-refractivity contribution in [3.05, 3.63) is 48.4 Å². The number of nitrogens with zero attached hydrogens (tertiary/aromatic N) is 4. The van der Waals surface area contributed by atoms with Crippen molar-refractivity contribution in [2.45, 2.75) is 52.4 Å². The minimum absolute atomic E-state index is 0.229. The Bertz CT molecular complexity index is 1120. The molecule has 0 spiro atoms. The van der Waals surface area contributed by atoms with Gasteiger partial charge in [-0.3, -0.25) is 9.36 Å². The third kappa shape index (κ3) is 6.74. The van der Waals surface area contributed by atoms with E-state index in [-0.39, 0.29) is 24.5 Å². The number of nitrogens with one attached hydrogen (secondary N) is 1. The first kappa shape index (κ1) is 24.6. The van der Waals surface area contributed by atoms with Crippen LogP contribution in [0.15, 0.2) is 42.9 Å². The van der Waals surface area contributed by atoms with Crippen molar-refractivity contribution < 1.29 is 23.4 Å². The van der Waals surface area contributed by atoms with E-state index in [4.69, 9.17) is 19.7 Å². The fourth-order valence-corrected chi connectivity index (χ4v) is 4.83. The summed E-state index contributed by atoms with van der Waals surface area (Å²) in [5.74, 6) is 0.0921. The van der Waals surface area contributed by atoms with Crippen LogP contribution in [-0.2, 0) is 25.3 Å². The van der Waals surface area contributed by atoms with E-state index < -0.39 is 19.5 Å². The minimum atomic E-state index is -3.63. The summed E-state index contributed by atoms with van der Waals surface area (Å²) in [6, 6.07) is 7.84. The van der Waals surface area contributed by atoms with Crippen molar-refractivity contribution in [2.24, 2.45) is 0 Å². The third-order valence-electron chi connectivity index (χ3n) is 4.53. The number of nitrogen functional groups attached to an aromatic ring is 1. The third-order valence-corrected chi connectivity index (χ3v) is 6.31. The van der Waals surface area contributed by atoms with E-state index in [0.29, 0.717) is 17.8 Å². The number of anilines is 1. The highest BCUT2D eigenvalue weighted by atomic mass is 31.2. The summed E-state index contributed by atoms with van der Waals surface area (Å²) < 4.78 is 31.9. The van der Waals surface area contributed by atoms with Gasteiger partial charge in [-0.15, -0.1) is 0 Å². The van der Waals surface area contributed by atoms with Crippen LogP contribution in [0.4, 0.5) is 5.95 Å². The van der Waals surface area contributed by atoms with E-state index in [2.05, 4.69) is 20.2 Å². The molecule has 3 N–H and O–H groups in total. The van der Waals surface area contributed by atoms with Crippen molar-refractivity contribution in [3.8, 4) is 5.75 Å². The zero-order valence-corrected chi connectivity index (χ0v) is 19.9. The smallest absolute Gasteiger partial charge is 0.342 e. The Hall–Kier alpha value is -3.01. The van der Waals surface area contributed by atoms with Gasteiger partial charge in [0.05, 0.1) is 18.4 Å². The highest BCUT2D eigenvalue weighted by molar-refractivity contribution is 7.57. The van der Waals surface area contributed by atoms with Crippen LogP contribution in [0.3, 0.4) is 0 Å². The van der Waals surface area contributed by atoms with Crippen molar-refractivity contribution in [1.29, 1.82) is 0 Å². The average Bonchev–Trinajstić information content (AvgIpc) is 3.16. The predicted octanol–water partition coefficient (Wildman–Crippen LogP) is 2.81. The quantitative estimate of drug-likeness (QED) is 0.313. The molecule has 0 bridgehead atoms. The Labute approximate surface area is 192 Å². The normalized spacial score (nSPS) is 15.2. The standard InChI is InChI=1S/C21H29N6O5P/c1-14(2)31-20(28)16(4)26-33(29,32-18-8-6-5-7-9-18)13-30-15(3)10-17-11-25-27-19(17)23-12-24-21(27)22/h5-9,11-12,14-16H,10,13H2,1-4H3,(H,26,29)(H2,22,23,24)/t15-,16+,33?/m1/s1. The Morgan fingerprint density at radius 2 is 1.91 bits per heavy atom. The molecule has 1 aromatic carbocycles. The van der Waals surface area contributed by atoms with Crippen molar-refractivity contribution in [3.63, 3.8) is 0 Å². The lowest BCUT2D eigenvalue weighted by molar-refractivity contribution is -0.149. The number of benzene rings is 1. The van der Waals surface area contributed by atoms with Crippen LogP contribution in [0, 0.1) is 0 Å². The average molecular weight is 476 g/mol. The van der Waals surface area contributed by atoms with Gasteiger partial charge in [-0.2, -0.15) is 9.61 Å². The minimum Gasteiger partial charge on any atom is -0.462 e. The van der Waals surface area contributed by atoms with Crippen LogP contribution in [0.25, 0.3) is 5.65 Å². The molecule has 3 aromatic rings. The number of hydrogen-bond acceptors (Lipinski definition) is 9. The molecule has 3 rings (SSSR count). The summed E-state index contributed by atoms with van der Waals surface area (Å²) in [6.45, 7) is 6.89. The molecule has 2 heterocycles. The first-order valence-electron chi connectivity index (χ1n) is 10.5. The maximum atomic E-state index is 13.6. The van der Waals surface area contributed by atoms with E-state index >= 15 is 0 Å². The molecule has 0 amide bonds. The molecule has 0 aliphatic carbocycles. The first-order chi connectivity index (χ1) is 15.7. The summed E-state index contributed by atoms with van der Waals surface area (Å²) in [5, 5.41) is 6.96. The van der Waals surface area contributed by atoms with Gasteiger partial charge in [0.25, 0.3) is 0 Å². The lowest BCUT2D eigenvalue weighted by atomic mass is 10.2.